The van der Waals surface area contributed by atoms with Crippen LogP contribution >= 0.6 is 0 Å². The van der Waals surface area contributed by atoms with Crippen molar-refractivity contribution in [3.63, 3.8) is 0 Å². The summed E-state index contributed by atoms with van der Waals surface area (Å²) in [5, 5.41) is 3.65. The van der Waals surface area contributed by atoms with Gasteiger partial charge in [-0.25, -0.2) is 4.79 Å². The number of aromatic amines is 1. The Morgan fingerprint density at radius 1 is 1.24 bits per heavy atom. The molecule has 1 aliphatic rings. The van der Waals surface area contributed by atoms with Crippen LogP contribution in [0.1, 0.15) is 38.4 Å². The van der Waals surface area contributed by atoms with Crippen molar-refractivity contribution in [3.8, 4) is 0 Å². The van der Waals surface area contributed by atoms with Crippen molar-refractivity contribution in [2.75, 3.05) is 20.2 Å². The third kappa shape index (κ3) is 3.73. The quantitative estimate of drug-likeness (QED) is 0.645. The van der Waals surface area contributed by atoms with E-state index in [0.29, 0.717) is 30.6 Å². The molecule has 4 rings (SSSR count). The fourth-order valence-electron chi connectivity index (χ4n) is 3.61. The number of hydrogen-bond donors (Lipinski definition) is 2. The first-order valence-corrected chi connectivity index (χ1v) is 9.37. The number of ether oxygens (including phenoxy) is 1. The van der Waals surface area contributed by atoms with Crippen LogP contribution in [0.15, 0.2) is 41.2 Å². The molecule has 1 aromatic carbocycles. The van der Waals surface area contributed by atoms with Crippen molar-refractivity contribution < 1.29 is 23.5 Å². The number of fused-ring (bicyclic) bond motifs is 3. The summed E-state index contributed by atoms with van der Waals surface area (Å²) in [6.45, 7) is 1.33. The van der Waals surface area contributed by atoms with Crippen molar-refractivity contribution in [1.29, 1.82) is 0 Å². The first kappa shape index (κ1) is 18.8. The molecule has 0 saturated carbocycles. The Morgan fingerprint density at radius 3 is 2.86 bits per heavy atom. The number of carbonyl (C=O) groups excluding carboxylic acids is 3. The minimum Gasteiger partial charge on any atom is -0.472 e. The normalized spacial score (nSPS) is 13.2. The van der Waals surface area contributed by atoms with Crippen molar-refractivity contribution in [1.82, 2.24) is 15.2 Å². The molecule has 2 aromatic heterocycles. The van der Waals surface area contributed by atoms with Gasteiger partial charge in [-0.15, -0.1) is 0 Å². The van der Waals surface area contributed by atoms with Gasteiger partial charge in [0.1, 0.15) is 6.26 Å². The maximum absolute atomic E-state index is 12.6. The van der Waals surface area contributed by atoms with Crippen molar-refractivity contribution in [2.45, 2.75) is 19.4 Å². The van der Waals surface area contributed by atoms with E-state index in [-0.39, 0.29) is 30.7 Å². The number of carbonyl (C=O) groups is 3. The second-order valence-corrected chi connectivity index (χ2v) is 6.92. The monoisotopic (exact) mass is 395 g/mol. The number of esters is 1. The minimum atomic E-state index is -0.390. The van der Waals surface area contributed by atoms with Crippen molar-refractivity contribution in [3.05, 3.63) is 59.2 Å². The average Bonchev–Trinajstić information content (AvgIpc) is 3.40. The highest BCUT2D eigenvalue weighted by atomic mass is 16.5. The van der Waals surface area contributed by atoms with E-state index in [2.05, 4.69) is 10.3 Å². The SMILES string of the molecule is COC(=O)c1ccc2[nH]c3c(c2c1)CN(C(=O)CCNC(=O)c1ccoc1)CC3. The van der Waals surface area contributed by atoms with Gasteiger partial charge in [0.15, 0.2) is 0 Å². The van der Waals surface area contributed by atoms with E-state index in [4.69, 9.17) is 9.15 Å². The minimum absolute atomic E-state index is 0.0263. The Kier molecular flexibility index (Phi) is 5.07. The van der Waals surface area contributed by atoms with Gasteiger partial charge < -0.3 is 24.4 Å². The molecule has 150 valence electrons. The highest BCUT2D eigenvalue weighted by Crippen LogP contribution is 2.29. The van der Waals surface area contributed by atoms with Crippen LogP contribution in [0, 0.1) is 0 Å². The highest BCUT2D eigenvalue weighted by Gasteiger charge is 2.24. The number of amides is 2. The van der Waals surface area contributed by atoms with Gasteiger partial charge in [-0.3, -0.25) is 9.59 Å². The van der Waals surface area contributed by atoms with E-state index < -0.39 is 0 Å². The van der Waals surface area contributed by atoms with Gasteiger partial charge in [0.05, 0.1) is 24.5 Å². The largest absolute Gasteiger partial charge is 0.472 e. The second kappa shape index (κ2) is 7.83. The fourth-order valence-corrected chi connectivity index (χ4v) is 3.61. The van der Waals surface area contributed by atoms with Crippen LogP contribution in [0.25, 0.3) is 10.9 Å². The number of nitrogens with zero attached hydrogens (tertiary/aromatic N) is 1. The molecule has 3 heterocycles. The molecule has 2 N–H and O–H groups in total. The number of H-pyrrole nitrogens is 1. The second-order valence-electron chi connectivity index (χ2n) is 6.92. The summed E-state index contributed by atoms with van der Waals surface area (Å²) in [6.07, 6.45) is 3.72. The molecule has 29 heavy (non-hydrogen) atoms. The van der Waals surface area contributed by atoms with Crippen molar-refractivity contribution >= 4 is 28.7 Å². The average molecular weight is 395 g/mol. The third-order valence-electron chi connectivity index (χ3n) is 5.16. The van der Waals surface area contributed by atoms with Crippen LogP contribution in [0.5, 0.6) is 0 Å². The van der Waals surface area contributed by atoms with Crippen LogP contribution in [0.4, 0.5) is 0 Å². The van der Waals surface area contributed by atoms with E-state index in [0.717, 1.165) is 22.2 Å². The molecule has 0 bridgehead atoms. The zero-order valence-corrected chi connectivity index (χ0v) is 16.0. The lowest BCUT2D eigenvalue weighted by molar-refractivity contribution is -0.131. The molecule has 3 aromatic rings. The summed E-state index contributed by atoms with van der Waals surface area (Å²) in [7, 11) is 1.35. The number of aromatic nitrogens is 1. The topological polar surface area (TPSA) is 105 Å². The fraction of sp³-hybridized carbons (Fsp3) is 0.286. The number of methoxy groups -OCH3 is 1. The lowest BCUT2D eigenvalue weighted by atomic mass is 10.0. The van der Waals surface area contributed by atoms with Gasteiger partial charge in [-0.2, -0.15) is 0 Å². The summed E-state index contributed by atoms with van der Waals surface area (Å²) in [5.41, 5.74) is 3.95. The Balaban J connectivity index is 1.42. The molecule has 8 nitrogen and oxygen atoms in total. The molecule has 0 atom stereocenters. The molecule has 0 spiro atoms. The Hall–Kier alpha value is -3.55. The first-order chi connectivity index (χ1) is 14.1. The maximum atomic E-state index is 12.6. The van der Waals surface area contributed by atoms with Gasteiger partial charge in [-0.1, -0.05) is 0 Å². The summed E-state index contributed by atoms with van der Waals surface area (Å²) in [6, 6.07) is 6.96. The number of furan rings is 1. The van der Waals surface area contributed by atoms with Crippen LogP contribution in [-0.2, 0) is 22.5 Å². The molecule has 0 fully saturated rings. The van der Waals surface area contributed by atoms with Gasteiger partial charge in [-0.05, 0) is 24.3 Å². The number of nitrogens with one attached hydrogen (secondary N) is 2. The first-order valence-electron chi connectivity index (χ1n) is 9.37. The molecule has 2 amide bonds. The predicted octanol–water partition coefficient (Wildman–Crippen LogP) is 2.25. The van der Waals surface area contributed by atoms with E-state index in [9.17, 15) is 14.4 Å². The zero-order valence-electron chi connectivity index (χ0n) is 16.0. The Bertz CT molecular complexity index is 1070. The van der Waals surface area contributed by atoms with E-state index in [1.807, 2.05) is 6.07 Å². The maximum Gasteiger partial charge on any atom is 0.337 e. The van der Waals surface area contributed by atoms with Gasteiger partial charge in [0.2, 0.25) is 5.91 Å². The molecular formula is C21H21N3O5. The molecule has 0 saturated heterocycles. The zero-order chi connectivity index (χ0) is 20.4. The van der Waals surface area contributed by atoms with Crippen LogP contribution in [0.2, 0.25) is 0 Å². The standard InChI is InChI=1S/C21H21N3O5/c1-28-21(27)13-2-3-17-15(10-13)16-11-24(8-5-18(16)23-17)19(25)4-7-22-20(26)14-6-9-29-12-14/h2-3,6,9-10,12,23H,4-5,7-8,11H2,1H3,(H,22,26). The van der Waals surface area contributed by atoms with Crippen LogP contribution in [0.3, 0.4) is 0 Å². The number of rotatable bonds is 5. The Morgan fingerprint density at radius 2 is 2.10 bits per heavy atom. The van der Waals surface area contributed by atoms with Crippen molar-refractivity contribution in [2.24, 2.45) is 0 Å². The predicted molar refractivity (Wildman–Crippen MR) is 104 cm³/mol. The molecule has 8 heteroatoms. The molecule has 0 radical (unpaired) electrons. The third-order valence-corrected chi connectivity index (χ3v) is 5.16. The Labute approximate surface area is 166 Å². The number of benzene rings is 1. The lowest BCUT2D eigenvalue weighted by Crippen LogP contribution is -2.37. The smallest absolute Gasteiger partial charge is 0.337 e. The molecular weight excluding hydrogens is 374 g/mol. The van der Waals surface area contributed by atoms with E-state index in [1.54, 1.807) is 23.1 Å². The number of hydrogen-bond acceptors (Lipinski definition) is 5. The summed E-state index contributed by atoms with van der Waals surface area (Å²) in [5.74, 6) is -0.681. The molecule has 0 unspecified atom stereocenters. The van der Waals surface area contributed by atoms with Gasteiger partial charge in [0.25, 0.3) is 5.91 Å². The summed E-state index contributed by atoms with van der Waals surface area (Å²) >= 11 is 0. The summed E-state index contributed by atoms with van der Waals surface area (Å²) in [4.78, 5) is 41.5. The van der Waals surface area contributed by atoms with Crippen LogP contribution < -0.4 is 5.32 Å². The molecule has 1 aliphatic heterocycles. The van der Waals surface area contributed by atoms with Gasteiger partial charge >= 0.3 is 5.97 Å². The van der Waals surface area contributed by atoms with E-state index in [1.165, 1.54) is 19.6 Å². The lowest BCUT2D eigenvalue weighted by Gasteiger charge is -2.27. The molecule has 0 aliphatic carbocycles. The highest BCUT2D eigenvalue weighted by molar-refractivity contribution is 5.96. The summed E-state index contributed by atoms with van der Waals surface area (Å²) < 4.78 is 9.68. The van der Waals surface area contributed by atoms with E-state index >= 15 is 0 Å². The van der Waals surface area contributed by atoms with Crippen LogP contribution in [-0.4, -0.2) is 47.9 Å². The van der Waals surface area contributed by atoms with Gasteiger partial charge in [0, 0.05) is 54.6 Å².